The number of nitrogens with one attached hydrogen (secondary N) is 2. The maximum atomic E-state index is 5.26. The summed E-state index contributed by atoms with van der Waals surface area (Å²) in [6, 6.07) is 8.38. The molecule has 0 aromatic heterocycles. The average molecular weight is 252 g/mol. The number of aryl methyl sites for hydroxylation is 1. The van der Waals surface area contributed by atoms with E-state index in [2.05, 4.69) is 41.8 Å². The zero-order chi connectivity index (χ0) is 13.2. The predicted molar refractivity (Wildman–Crippen MR) is 75.2 cm³/mol. The van der Waals surface area contributed by atoms with E-state index in [1.165, 1.54) is 5.56 Å². The van der Waals surface area contributed by atoms with Crippen LogP contribution in [0.4, 0.5) is 5.69 Å². The quantitative estimate of drug-likeness (QED) is 0.656. The number of anilines is 1. The minimum Gasteiger partial charge on any atom is -0.384 e. The highest BCUT2D eigenvalue weighted by Crippen LogP contribution is 2.08. The minimum atomic E-state index is 0.119. The maximum Gasteiger partial charge on any atom is 0.0928 e. The van der Waals surface area contributed by atoms with E-state index in [4.69, 9.17) is 9.47 Å². The summed E-state index contributed by atoms with van der Waals surface area (Å²) < 4.78 is 10.3. The van der Waals surface area contributed by atoms with Gasteiger partial charge >= 0.3 is 0 Å². The van der Waals surface area contributed by atoms with Gasteiger partial charge in [-0.05, 0) is 24.6 Å². The van der Waals surface area contributed by atoms with Crippen LogP contribution in [0.1, 0.15) is 5.56 Å². The van der Waals surface area contributed by atoms with Crippen LogP contribution in [0.3, 0.4) is 0 Å². The monoisotopic (exact) mass is 252 g/mol. The lowest BCUT2D eigenvalue weighted by Crippen LogP contribution is -2.34. The third-order valence-corrected chi connectivity index (χ3v) is 2.71. The normalized spacial score (nSPS) is 12.4. The van der Waals surface area contributed by atoms with Crippen LogP contribution in [0.25, 0.3) is 0 Å². The number of ether oxygens (including phenoxy) is 2. The molecule has 0 aliphatic heterocycles. The van der Waals surface area contributed by atoms with Gasteiger partial charge in [0.15, 0.2) is 0 Å². The Bertz CT molecular complexity index is 331. The van der Waals surface area contributed by atoms with Gasteiger partial charge in [-0.15, -0.1) is 0 Å². The number of hydrogen-bond donors (Lipinski definition) is 2. The second-order valence-corrected chi connectivity index (χ2v) is 4.31. The van der Waals surface area contributed by atoms with Gasteiger partial charge in [0, 0.05) is 39.5 Å². The summed E-state index contributed by atoms with van der Waals surface area (Å²) in [6.45, 7) is 5.32. The van der Waals surface area contributed by atoms with Crippen molar-refractivity contribution in [2.24, 2.45) is 0 Å². The summed E-state index contributed by atoms with van der Waals surface area (Å²) in [5, 5.41) is 6.71. The van der Waals surface area contributed by atoms with Crippen LogP contribution in [0.5, 0.6) is 0 Å². The molecule has 1 rings (SSSR count). The molecule has 0 heterocycles. The van der Waals surface area contributed by atoms with Gasteiger partial charge in [0.1, 0.15) is 0 Å². The van der Waals surface area contributed by atoms with Gasteiger partial charge in [-0.2, -0.15) is 0 Å². The van der Waals surface area contributed by atoms with Crippen LogP contribution >= 0.6 is 0 Å². The zero-order valence-corrected chi connectivity index (χ0v) is 11.5. The summed E-state index contributed by atoms with van der Waals surface area (Å²) in [7, 11) is 3.39. The number of methoxy groups -OCH3 is 2. The molecule has 18 heavy (non-hydrogen) atoms. The molecule has 4 heteroatoms. The van der Waals surface area contributed by atoms with E-state index in [0.29, 0.717) is 6.61 Å². The van der Waals surface area contributed by atoms with E-state index in [1.807, 2.05) is 0 Å². The van der Waals surface area contributed by atoms with Crippen molar-refractivity contribution >= 4 is 5.69 Å². The highest BCUT2D eigenvalue weighted by Gasteiger charge is 2.04. The molecule has 2 N–H and O–H groups in total. The second-order valence-electron chi connectivity index (χ2n) is 4.31. The topological polar surface area (TPSA) is 42.5 Å². The first-order valence-electron chi connectivity index (χ1n) is 6.29. The molecule has 0 fully saturated rings. The molecule has 4 nitrogen and oxygen atoms in total. The van der Waals surface area contributed by atoms with Crippen molar-refractivity contribution in [2.45, 2.75) is 13.0 Å². The molecule has 0 amide bonds. The summed E-state index contributed by atoms with van der Waals surface area (Å²) >= 11 is 0. The van der Waals surface area contributed by atoms with Gasteiger partial charge in [-0.1, -0.05) is 12.1 Å². The molecule has 0 radical (unpaired) electrons. The Morgan fingerprint density at radius 3 is 2.72 bits per heavy atom. The minimum absolute atomic E-state index is 0.119. The summed E-state index contributed by atoms with van der Waals surface area (Å²) in [6.07, 6.45) is 0.119. The first-order valence-corrected chi connectivity index (χ1v) is 6.29. The molecule has 0 spiro atoms. The summed E-state index contributed by atoms with van der Waals surface area (Å²) in [5.74, 6) is 0. The van der Waals surface area contributed by atoms with E-state index in [-0.39, 0.29) is 6.10 Å². The lowest BCUT2D eigenvalue weighted by Gasteiger charge is -2.15. The first kappa shape index (κ1) is 15.0. The Morgan fingerprint density at radius 2 is 2.06 bits per heavy atom. The molecule has 102 valence electrons. The van der Waals surface area contributed by atoms with Gasteiger partial charge in [0.2, 0.25) is 0 Å². The average Bonchev–Trinajstić information content (AvgIpc) is 2.37. The van der Waals surface area contributed by atoms with Crippen molar-refractivity contribution in [2.75, 3.05) is 45.8 Å². The van der Waals surface area contributed by atoms with E-state index < -0.39 is 0 Å². The summed E-state index contributed by atoms with van der Waals surface area (Å²) in [5.41, 5.74) is 2.43. The number of hydrogen-bond acceptors (Lipinski definition) is 4. The molecule has 1 aromatic rings. The van der Waals surface area contributed by atoms with Gasteiger partial charge in [0.25, 0.3) is 0 Å². The van der Waals surface area contributed by atoms with Crippen LogP contribution in [0.15, 0.2) is 24.3 Å². The van der Waals surface area contributed by atoms with Crippen molar-refractivity contribution in [3.63, 3.8) is 0 Å². The second kappa shape index (κ2) is 8.91. The van der Waals surface area contributed by atoms with E-state index in [0.717, 1.165) is 25.3 Å². The molecule has 0 aliphatic rings. The lowest BCUT2D eigenvalue weighted by atomic mass is 10.2. The molecule has 1 unspecified atom stereocenters. The third kappa shape index (κ3) is 6.00. The fourth-order valence-corrected chi connectivity index (χ4v) is 1.71. The van der Waals surface area contributed by atoms with Crippen molar-refractivity contribution in [1.82, 2.24) is 5.32 Å². The highest BCUT2D eigenvalue weighted by molar-refractivity contribution is 5.45. The Hall–Kier alpha value is -1.10. The van der Waals surface area contributed by atoms with Gasteiger partial charge in [0.05, 0.1) is 12.7 Å². The van der Waals surface area contributed by atoms with Crippen LogP contribution in [-0.2, 0) is 9.47 Å². The van der Waals surface area contributed by atoms with Gasteiger partial charge in [-0.25, -0.2) is 0 Å². The summed E-state index contributed by atoms with van der Waals surface area (Å²) in [4.78, 5) is 0. The third-order valence-electron chi connectivity index (χ3n) is 2.71. The molecular weight excluding hydrogens is 228 g/mol. The van der Waals surface area contributed by atoms with E-state index >= 15 is 0 Å². The van der Waals surface area contributed by atoms with E-state index in [9.17, 15) is 0 Å². The molecule has 1 aromatic carbocycles. The largest absolute Gasteiger partial charge is 0.384 e. The van der Waals surface area contributed by atoms with Crippen LogP contribution in [0.2, 0.25) is 0 Å². The van der Waals surface area contributed by atoms with Crippen LogP contribution < -0.4 is 10.6 Å². The Labute approximate surface area is 110 Å². The van der Waals surface area contributed by atoms with Gasteiger partial charge in [-0.3, -0.25) is 0 Å². The SMILES string of the molecule is COCC(CNCCNc1cccc(C)c1)OC. The van der Waals surface area contributed by atoms with Crippen molar-refractivity contribution < 1.29 is 9.47 Å². The Kier molecular flexibility index (Phi) is 7.41. The highest BCUT2D eigenvalue weighted by atomic mass is 16.5. The molecule has 0 aliphatic carbocycles. The van der Waals surface area contributed by atoms with Crippen LogP contribution in [-0.4, -0.2) is 46.6 Å². The van der Waals surface area contributed by atoms with Gasteiger partial charge < -0.3 is 20.1 Å². The first-order chi connectivity index (χ1) is 8.76. The molecular formula is C14H24N2O2. The molecule has 0 saturated carbocycles. The Morgan fingerprint density at radius 1 is 1.22 bits per heavy atom. The predicted octanol–water partition coefficient (Wildman–Crippen LogP) is 1.66. The van der Waals surface area contributed by atoms with E-state index in [1.54, 1.807) is 14.2 Å². The van der Waals surface area contributed by atoms with Crippen molar-refractivity contribution in [3.8, 4) is 0 Å². The fraction of sp³-hybridized carbons (Fsp3) is 0.571. The van der Waals surface area contributed by atoms with Crippen LogP contribution in [0, 0.1) is 6.92 Å². The Balaban J connectivity index is 2.11. The lowest BCUT2D eigenvalue weighted by molar-refractivity contribution is 0.0292. The standard InChI is InChI=1S/C14H24N2O2/c1-12-5-4-6-13(9-12)16-8-7-15-10-14(18-3)11-17-2/h4-6,9,14-16H,7-8,10-11H2,1-3H3. The number of benzene rings is 1. The number of rotatable bonds is 9. The fourth-order valence-electron chi connectivity index (χ4n) is 1.71. The zero-order valence-electron chi connectivity index (χ0n) is 11.5. The molecule has 0 saturated heterocycles. The molecule has 1 atom stereocenters. The molecule has 0 bridgehead atoms. The smallest absolute Gasteiger partial charge is 0.0928 e. The maximum absolute atomic E-state index is 5.26. The van der Waals surface area contributed by atoms with Crippen molar-refractivity contribution in [3.05, 3.63) is 29.8 Å². The van der Waals surface area contributed by atoms with Crippen molar-refractivity contribution in [1.29, 1.82) is 0 Å².